The van der Waals surface area contributed by atoms with Gasteiger partial charge >= 0.3 is 0 Å². The SMILES string of the molecule is O=[N+]([O-])O.O=[N+]([O-])O.O=[N+]([O-])O.O=[N+]([O-])O.O=[N+]([O-])[O-].O=[N+]([O-])[O-].O=[N+]([O-])[O-].O=[N+]([O-])[O-].[Pu]. The fourth-order valence-corrected chi connectivity index (χ4v) is 0. The van der Waals surface area contributed by atoms with Crippen LogP contribution in [0.5, 0.6) is 0 Å². The van der Waals surface area contributed by atoms with E-state index >= 15 is 0 Å². The van der Waals surface area contributed by atoms with Gasteiger partial charge in [-0.1, -0.05) is 0 Å². The first-order valence-corrected chi connectivity index (χ1v) is 4.45. The van der Waals surface area contributed by atoms with Crippen molar-refractivity contribution in [2.24, 2.45) is 0 Å². The maximum atomic E-state index is 8.36. The second-order valence-corrected chi connectivity index (χ2v) is 1.85. The molecule has 0 amide bonds. The van der Waals surface area contributed by atoms with Crippen LogP contribution in [0, 0.1) is 131 Å². The second kappa shape index (κ2) is 50.4. The zero-order valence-corrected chi connectivity index (χ0v) is 17.3. The van der Waals surface area contributed by atoms with Crippen LogP contribution in [0.15, 0.2) is 0 Å². The van der Waals surface area contributed by atoms with Crippen LogP contribution in [-0.2, 0) is 0 Å². The second-order valence-electron chi connectivity index (χ2n) is 1.85. The van der Waals surface area contributed by atoms with Gasteiger partial charge in [0.05, 0.1) is 20.3 Å². The van der Waals surface area contributed by atoms with Gasteiger partial charge in [0.25, 0.3) is 20.3 Å². The van der Waals surface area contributed by atoms with Gasteiger partial charge in [-0.15, -0.1) is 40.5 Å². The van der Waals surface area contributed by atoms with Gasteiger partial charge in [0.2, 0.25) is 0 Å². The minimum atomic E-state index is -1.75. The Labute approximate surface area is 193 Å². The van der Waals surface area contributed by atoms with Crippen molar-refractivity contribution in [3.63, 3.8) is 0 Å². The molecule has 33 heavy (non-hydrogen) atoms. The molecule has 0 saturated heterocycles. The van der Waals surface area contributed by atoms with Crippen molar-refractivity contribution in [3.8, 4) is 0 Å². The number of hydrogen-bond donors (Lipinski definition) is 4. The van der Waals surface area contributed by atoms with Crippen LogP contribution >= 0.6 is 0 Å². The minimum Gasteiger partial charge on any atom is -0.356 e. The Bertz CT molecular complexity index is 361. The molecule has 0 aromatic heterocycles. The van der Waals surface area contributed by atoms with Crippen molar-refractivity contribution in [3.05, 3.63) is 102 Å². The molecular weight excluding hydrogens is 740 g/mol. The predicted molar refractivity (Wildman–Crippen MR) is 76.6 cm³/mol. The topological polar surface area (TPSA) is 518 Å². The normalized spacial score (nSPS) is 5.82. The molecule has 0 aliphatic carbocycles. The summed E-state index contributed by atoms with van der Waals surface area (Å²) < 4.78 is 0. The summed E-state index contributed by atoms with van der Waals surface area (Å²) in [5.41, 5.74) is 0. The quantitative estimate of drug-likeness (QED) is 0.149. The summed E-state index contributed by atoms with van der Waals surface area (Å²) in [6.07, 6.45) is 0. The molecule has 0 atom stereocenters. The Balaban J connectivity index is -0.0000000284. The molecule has 0 saturated carbocycles. The van der Waals surface area contributed by atoms with E-state index in [1.807, 2.05) is 0 Å². The maximum Gasteiger partial charge on any atom is 0.291 e. The summed E-state index contributed by atoms with van der Waals surface area (Å²) in [6, 6.07) is 0. The van der Waals surface area contributed by atoms with Crippen molar-refractivity contribution >= 4 is 0 Å². The van der Waals surface area contributed by atoms with E-state index in [1.54, 1.807) is 0 Å². The molecule has 0 spiro atoms. The molecule has 0 radical (unpaired) electrons. The standard InChI is InChI=1S/4HNO3.4NO3.Pu/c8*2-1(3)4;/h4*(H,2,3,4);;;;;/q;;;;4*-1;. The smallest absolute Gasteiger partial charge is 0.291 e. The summed E-state index contributed by atoms with van der Waals surface area (Å²) >= 11 is 0. The Morgan fingerprint density at radius 1 is 0.303 bits per heavy atom. The fourth-order valence-electron chi connectivity index (χ4n) is 0. The zero-order valence-electron chi connectivity index (χ0n) is 13.9. The summed E-state index contributed by atoms with van der Waals surface area (Å²) in [5.74, 6) is 0. The first-order valence-electron chi connectivity index (χ1n) is 4.45. The third-order valence-corrected chi connectivity index (χ3v) is 0. The van der Waals surface area contributed by atoms with E-state index in [-0.39, 0.29) is 29.2 Å². The van der Waals surface area contributed by atoms with Crippen LogP contribution in [0.2, 0.25) is 0 Å². The summed E-state index contributed by atoms with van der Waals surface area (Å²) in [4.78, 5) is 66.4. The van der Waals surface area contributed by atoms with Gasteiger partial charge in [-0.05, 0) is 0 Å². The molecular formula is H4N8O24Pu-4. The summed E-state index contributed by atoms with van der Waals surface area (Å²) in [6.45, 7) is 0. The largest absolute Gasteiger partial charge is 0.356 e. The van der Waals surface area contributed by atoms with E-state index in [0.717, 1.165) is 0 Å². The van der Waals surface area contributed by atoms with Crippen LogP contribution < -0.4 is 0 Å². The molecule has 0 aromatic carbocycles. The number of rotatable bonds is 0. The molecule has 33 heteroatoms. The van der Waals surface area contributed by atoms with Crippen LogP contribution in [-0.4, -0.2) is 61.5 Å². The molecule has 4 N–H and O–H groups in total. The van der Waals surface area contributed by atoms with Crippen LogP contribution in [0.1, 0.15) is 0 Å². The summed E-state index contributed by atoms with van der Waals surface area (Å²) in [7, 11) is 0. The van der Waals surface area contributed by atoms with E-state index in [4.69, 9.17) is 123 Å². The molecule has 198 valence electrons. The fraction of sp³-hybridized carbons (Fsp3) is 0. The maximum absolute atomic E-state index is 8.36. The number of nitrogens with zero attached hydrogens (tertiary/aromatic N) is 8. The molecule has 0 aromatic rings. The van der Waals surface area contributed by atoms with Crippen molar-refractivity contribution in [1.29, 1.82) is 0 Å². The van der Waals surface area contributed by atoms with E-state index in [1.165, 1.54) is 0 Å². The van der Waals surface area contributed by atoms with Crippen molar-refractivity contribution in [2.45, 2.75) is 0 Å². The van der Waals surface area contributed by atoms with E-state index in [0.29, 0.717) is 0 Å². The van der Waals surface area contributed by atoms with Gasteiger partial charge in [-0.3, -0.25) is 0 Å². The minimum absolute atomic E-state index is 0. The van der Waals surface area contributed by atoms with Gasteiger partial charge in [0.1, 0.15) is 0 Å². The molecule has 0 aliphatic heterocycles. The van der Waals surface area contributed by atoms with Gasteiger partial charge < -0.3 is 82.1 Å². The molecule has 0 aliphatic rings. The van der Waals surface area contributed by atoms with E-state index in [2.05, 4.69) is 0 Å². The Kier molecular flexibility index (Phi) is 86.2. The molecule has 0 bridgehead atoms. The molecule has 0 fully saturated rings. The first kappa shape index (κ1) is 56.4. The van der Waals surface area contributed by atoms with Crippen molar-refractivity contribution in [2.75, 3.05) is 0 Å². The van der Waals surface area contributed by atoms with Crippen molar-refractivity contribution in [1.82, 2.24) is 0 Å². The van der Waals surface area contributed by atoms with Gasteiger partial charge in [0, 0.05) is 29.2 Å². The molecule has 0 heterocycles. The monoisotopic (exact) mass is 738 g/mol. The van der Waals surface area contributed by atoms with Crippen LogP contribution in [0.3, 0.4) is 0 Å². The Morgan fingerprint density at radius 3 is 0.303 bits per heavy atom. The van der Waals surface area contributed by atoms with Crippen molar-refractivity contribution < 1.29 is 90.7 Å². The van der Waals surface area contributed by atoms with Gasteiger partial charge in [-0.2, -0.15) is 0 Å². The van der Waals surface area contributed by atoms with E-state index in [9.17, 15) is 0 Å². The third-order valence-electron chi connectivity index (χ3n) is 0. The van der Waals surface area contributed by atoms with Gasteiger partial charge in [-0.25, -0.2) is 0 Å². The molecule has 0 rings (SSSR count). The Hall–Kier alpha value is -5.41. The molecule has 0 unspecified atom stereocenters. The average Bonchev–Trinajstić information content (AvgIpc) is 2.30. The zero-order chi connectivity index (χ0) is 28.6. The summed E-state index contributed by atoms with van der Waals surface area (Å²) in [5, 5.41) is 114. The van der Waals surface area contributed by atoms with Crippen LogP contribution in [0.25, 0.3) is 0 Å². The number of hydrogen-bond acceptors (Lipinski definition) is 20. The molecule has 32 nitrogen and oxygen atoms in total. The predicted octanol–water partition coefficient (Wildman–Crippen LogP) is -2.35. The van der Waals surface area contributed by atoms with E-state index < -0.39 is 40.7 Å². The third kappa shape index (κ3) is 549. The Morgan fingerprint density at radius 2 is 0.303 bits per heavy atom. The average molecular weight is 744 g/mol. The first-order chi connectivity index (χ1) is 13.9. The van der Waals surface area contributed by atoms with Gasteiger partial charge in [0.15, 0.2) is 0 Å². The van der Waals surface area contributed by atoms with Crippen LogP contribution in [0.4, 0.5) is 0 Å².